The minimum Gasteiger partial charge on any atom is -0.376 e. The van der Waals surface area contributed by atoms with Gasteiger partial charge in [0.25, 0.3) is 0 Å². The van der Waals surface area contributed by atoms with Crippen LogP contribution >= 0.6 is 0 Å². The van der Waals surface area contributed by atoms with E-state index in [-0.39, 0.29) is 17.3 Å². The molecule has 146 valence electrons. The molecule has 2 aromatic rings. The van der Waals surface area contributed by atoms with Gasteiger partial charge in [-0.3, -0.25) is 4.79 Å². The van der Waals surface area contributed by atoms with Gasteiger partial charge in [-0.1, -0.05) is 45.0 Å². The van der Waals surface area contributed by atoms with Crippen LogP contribution in [0.2, 0.25) is 0 Å². The molecule has 27 heavy (non-hydrogen) atoms. The van der Waals surface area contributed by atoms with E-state index in [1.807, 2.05) is 24.3 Å². The maximum atomic E-state index is 12.6. The third-order valence-corrected chi connectivity index (χ3v) is 6.34. The third kappa shape index (κ3) is 5.30. The molecule has 0 saturated carbocycles. The highest BCUT2D eigenvalue weighted by Crippen LogP contribution is 2.20. The number of rotatable bonds is 9. The number of nitrogens with one attached hydrogen (secondary N) is 2. The normalized spacial score (nSPS) is 11.4. The van der Waals surface area contributed by atoms with Crippen molar-refractivity contribution in [1.29, 1.82) is 0 Å². The molecule has 0 unspecified atom stereocenters. The van der Waals surface area contributed by atoms with Crippen molar-refractivity contribution in [2.24, 2.45) is 0 Å². The lowest BCUT2D eigenvalue weighted by atomic mass is 10.1. The minimum atomic E-state index is -3.56. The van der Waals surface area contributed by atoms with E-state index >= 15 is 0 Å². The first kappa shape index (κ1) is 20.9. The molecule has 0 aliphatic heterocycles. The van der Waals surface area contributed by atoms with E-state index in [2.05, 4.69) is 17.6 Å². The van der Waals surface area contributed by atoms with Crippen LogP contribution in [0, 0.1) is 0 Å². The van der Waals surface area contributed by atoms with Crippen LogP contribution in [-0.2, 0) is 21.2 Å². The fraction of sp³-hybridized carbons (Fsp3) is 0.350. The van der Waals surface area contributed by atoms with Crippen LogP contribution in [0.1, 0.15) is 26.3 Å². The lowest BCUT2D eigenvalue weighted by Gasteiger charge is -2.19. The van der Waals surface area contributed by atoms with Gasteiger partial charge in [0.05, 0.1) is 11.4 Å². The van der Waals surface area contributed by atoms with Crippen molar-refractivity contribution >= 4 is 27.3 Å². The largest absolute Gasteiger partial charge is 0.376 e. The van der Waals surface area contributed by atoms with Gasteiger partial charge in [0.15, 0.2) is 0 Å². The molecule has 2 rings (SSSR count). The van der Waals surface area contributed by atoms with Crippen molar-refractivity contribution in [3.05, 3.63) is 54.1 Å². The summed E-state index contributed by atoms with van der Waals surface area (Å²) in [5, 5.41) is 5.88. The topological polar surface area (TPSA) is 78.5 Å². The fourth-order valence-electron chi connectivity index (χ4n) is 2.83. The molecule has 0 fully saturated rings. The van der Waals surface area contributed by atoms with E-state index in [1.54, 1.807) is 32.0 Å². The first-order valence-corrected chi connectivity index (χ1v) is 10.6. The summed E-state index contributed by atoms with van der Waals surface area (Å²) in [7, 11) is -3.56. The van der Waals surface area contributed by atoms with Crippen molar-refractivity contribution in [3.8, 4) is 0 Å². The van der Waals surface area contributed by atoms with Crippen LogP contribution in [-0.4, -0.2) is 38.3 Å². The number of carbonyl (C=O) groups is 1. The molecular formula is C20H27N3O3S. The number of anilines is 2. The SMILES string of the molecule is CCc1ccccc1NCC(=O)Nc1cccc(S(=O)(=O)N(CC)CC)c1. The smallest absolute Gasteiger partial charge is 0.243 e. The van der Waals surface area contributed by atoms with Crippen molar-refractivity contribution in [2.45, 2.75) is 32.1 Å². The average Bonchev–Trinajstić information content (AvgIpc) is 2.67. The van der Waals surface area contributed by atoms with Gasteiger partial charge in [-0.15, -0.1) is 0 Å². The Morgan fingerprint density at radius 1 is 1.00 bits per heavy atom. The highest BCUT2D eigenvalue weighted by Gasteiger charge is 2.21. The van der Waals surface area contributed by atoms with E-state index in [0.717, 1.165) is 17.7 Å². The fourth-order valence-corrected chi connectivity index (χ4v) is 4.33. The highest BCUT2D eigenvalue weighted by molar-refractivity contribution is 7.89. The summed E-state index contributed by atoms with van der Waals surface area (Å²) >= 11 is 0. The number of hydrogen-bond acceptors (Lipinski definition) is 4. The Kier molecular flexibility index (Phi) is 7.38. The van der Waals surface area contributed by atoms with E-state index in [9.17, 15) is 13.2 Å². The van der Waals surface area contributed by atoms with Gasteiger partial charge in [-0.25, -0.2) is 8.42 Å². The zero-order valence-electron chi connectivity index (χ0n) is 16.0. The van der Waals surface area contributed by atoms with Crippen LogP contribution in [0.4, 0.5) is 11.4 Å². The zero-order valence-corrected chi connectivity index (χ0v) is 16.8. The Bertz CT molecular complexity index is 878. The molecule has 7 heteroatoms. The third-order valence-electron chi connectivity index (χ3n) is 4.30. The summed E-state index contributed by atoms with van der Waals surface area (Å²) in [6.45, 7) is 6.55. The number of benzene rings is 2. The second-order valence-electron chi connectivity index (χ2n) is 6.03. The maximum Gasteiger partial charge on any atom is 0.243 e. The summed E-state index contributed by atoms with van der Waals surface area (Å²) in [6, 6.07) is 14.2. The summed E-state index contributed by atoms with van der Waals surface area (Å²) < 4.78 is 26.6. The van der Waals surface area contributed by atoms with E-state index in [0.29, 0.717) is 18.8 Å². The second-order valence-corrected chi connectivity index (χ2v) is 7.97. The molecule has 2 N–H and O–H groups in total. The van der Waals surface area contributed by atoms with Gasteiger partial charge in [0.2, 0.25) is 15.9 Å². The van der Waals surface area contributed by atoms with Gasteiger partial charge < -0.3 is 10.6 Å². The maximum absolute atomic E-state index is 12.6. The summed E-state index contributed by atoms with van der Waals surface area (Å²) in [5.41, 5.74) is 2.52. The van der Waals surface area contributed by atoms with Gasteiger partial charge in [-0.2, -0.15) is 4.31 Å². The molecule has 0 aromatic heterocycles. The summed E-state index contributed by atoms with van der Waals surface area (Å²) in [4.78, 5) is 12.4. The lowest BCUT2D eigenvalue weighted by molar-refractivity contribution is -0.114. The van der Waals surface area contributed by atoms with Gasteiger partial charge in [0, 0.05) is 24.5 Å². The van der Waals surface area contributed by atoms with Crippen molar-refractivity contribution in [3.63, 3.8) is 0 Å². The Morgan fingerprint density at radius 2 is 1.70 bits per heavy atom. The van der Waals surface area contributed by atoms with Crippen LogP contribution in [0.3, 0.4) is 0 Å². The van der Waals surface area contributed by atoms with Gasteiger partial charge in [-0.05, 0) is 36.2 Å². The van der Waals surface area contributed by atoms with Crippen molar-refractivity contribution in [2.75, 3.05) is 30.3 Å². The number of amides is 1. The quantitative estimate of drug-likeness (QED) is 0.689. The molecule has 0 heterocycles. The standard InChI is InChI=1S/C20H27N3O3S/c1-4-16-10-7-8-13-19(16)21-15-20(24)22-17-11-9-12-18(14-17)27(25,26)23(5-2)6-3/h7-14,21H,4-6,15H2,1-3H3,(H,22,24). The average molecular weight is 390 g/mol. The first-order chi connectivity index (χ1) is 12.9. The highest BCUT2D eigenvalue weighted by atomic mass is 32.2. The van der Waals surface area contributed by atoms with Gasteiger partial charge in [0.1, 0.15) is 0 Å². The summed E-state index contributed by atoms with van der Waals surface area (Å²) in [5.74, 6) is -0.238. The lowest BCUT2D eigenvalue weighted by Crippen LogP contribution is -2.30. The van der Waals surface area contributed by atoms with Crippen LogP contribution in [0.15, 0.2) is 53.4 Å². The van der Waals surface area contributed by atoms with E-state index in [4.69, 9.17) is 0 Å². The number of sulfonamides is 1. The molecule has 0 atom stereocenters. The van der Waals surface area contributed by atoms with E-state index in [1.165, 1.54) is 10.4 Å². The molecule has 0 radical (unpaired) electrons. The van der Waals surface area contributed by atoms with Crippen LogP contribution in [0.25, 0.3) is 0 Å². The molecule has 0 saturated heterocycles. The summed E-state index contributed by atoms with van der Waals surface area (Å²) in [6.07, 6.45) is 0.871. The predicted molar refractivity (Wildman–Crippen MR) is 109 cm³/mol. The Hall–Kier alpha value is -2.38. The molecule has 6 nitrogen and oxygen atoms in total. The monoisotopic (exact) mass is 389 g/mol. The molecule has 0 spiro atoms. The Balaban J connectivity index is 2.06. The Morgan fingerprint density at radius 3 is 2.37 bits per heavy atom. The van der Waals surface area contributed by atoms with Crippen molar-refractivity contribution in [1.82, 2.24) is 4.31 Å². The minimum absolute atomic E-state index is 0.101. The number of hydrogen-bond donors (Lipinski definition) is 2. The molecule has 0 aliphatic rings. The van der Waals surface area contributed by atoms with E-state index < -0.39 is 10.0 Å². The van der Waals surface area contributed by atoms with Crippen LogP contribution < -0.4 is 10.6 Å². The molecule has 0 bridgehead atoms. The second kappa shape index (κ2) is 9.53. The zero-order chi connectivity index (χ0) is 19.9. The number of carbonyl (C=O) groups excluding carboxylic acids is 1. The first-order valence-electron chi connectivity index (χ1n) is 9.14. The van der Waals surface area contributed by atoms with Gasteiger partial charge >= 0.3 is 0 Å². The predicted octanol–water partition coefficient (Wildman–Crippen LogP) is 3.33. The number of nitrogens with zero attached hydrogens (tertiary/aromatic N) is 1. The Labute approximate surface area is 161 Å². The molecular weight excluding hydrogens is 362 g/mol. The molecule has 0 aliphatic carbocycles. The van der Waals surface area contributed by atoms with Crippen LogP contribution in [0.5, 0.6) is 0 Å². The number of para-hydroxylation sites is 1. The number of aryl methyl sites for hydroxylation is 1. The molecule has 2 aromatic carbocycles. The molecule has 1 amide bonds. The van der Waals surface area contributed by atoms with Crippen molar-refractivity contribution < 1.29 is 13.2 Å².